The minimum Gasteiger partial charge on any atom is -0.508 e. The maximum absolute atomic E-state index is 13.2. The quantitative estimate of drug-likeness (QED) is 0.701. The summed E-state index contributed by atoms with van der Waals surface area (Å²) in [7, 11) is 2.72. The highest BCUT2D eigenvalue weighted by molar-refractivity contribution is 6.11. The van der Waals surface area contributed by atoms with Gasteiger partial charge in [-0.1, -0.05) is 0 Å². The first-order valence-electron chi connectivity index (χ1n) is 7.77. The van der Waals surface area contributed by atoms with E-state index in [9.17, 15) is 19.1 Å². The number of rotatable bonds is 4. The fourth-order valence-electron chi connectivity index (χ4n) is 2.70. The number of halogens is 1. The normalized spacial score (nSPS) is 10.7. The molecule has 2 N–H and O–H groups in total. The van der Waals surface area contributed by atoms with E-state index in [-0.39, 0.29) is 23.5 Å². The molecule has 3 rings (SSSR count). The van der Waals surface area contributed by atoms with Gasteiger partial charge in [-0.2, -0.15) is 0 Å². The van der Waals surface area contributed by atoms with Crippen molar-refractivity contribution in [1.29, 1.82) is 0 Å². The molecule has 0 saturated heterocycles. The average Bonchev–Trinajstić information content (AvgIpc) is 3.00. The van der Waals surface area contributed by atoms with Gasteiger partial charge < -0.3 is 19.6 Å². The van der Waals surface area contributed by atoms with E-state index >= 15 is 0 Å². The Labute approximate surface area is 148 Å². The fraction of sp³-hybridized carbons (Fsp3) is 0.158. The van der Waals surface area contributed by atoms with Crippen molar-refractivity contribution in [3.05, 3.63) is 53.3 Å². The second kappa shape index (κ2) is 6.87. The molecular formula is C19H16FNO5. The number of hydrogen-bond acceptors (Lipinski definition) is 5. The number of nitrogens with one attached hydrogen (secondary N) is 1. The Hall–Kier alpha value is -3.35. The van der Waals surface area contributed by atoms with Crippen molar-refractivity contribution < 1.29 is 28.2 Å². The van der Waals surface area contributed by atoms with Gasteiger partial charge in [0.25, 0.3) is 5.91 Å². The lowest BCUT2D eigenvalue weighted by Gasteiger charge is -2.04. The molecule has 0 aliphatic rings. The molecule has 0 spiro atoms. The van der Waals surface area contributed by atoms with E-state index in [1.807, 2.05) is 0 Å². The molecule has 1 heterocycles. The van der Waals surface area contributed by atoms with Crippen LogP contribution in [0.15, 0.2) is 40.8 Å². The van der Waals surface area contributed by atoms with E-state index in [2.05, 4.69) is 10.1 Å². The molecule has 0 atom stereocenters. The van der Waals surface area contributed by atoms with Crippen LogP contribution in [0.2, 0.25) is 0 Å². The number of ether oxygens (including phenoxy) is 1. The van der Waals surface area contributed by atoms with Crippen molar-refractivity contribution in [3.63, 3.8) is 0 Å². The van der Waals surface area contributed by atoms with Gasteiger partial charge in [-0.3, -0.25) is 9.59 Å². The monoisotopic (exact) mass is 357 g/mol. The van der Waals surface area contributed by atoms with Crippen LogP contribution in [0.25, 0.3) is 22.3 Å². The molecule has 0 radical (unpaired) electrons. The van der Waals surface area contributed by atoms with Gasteiger partial charge in [0, 0.05) is 23.6 Å². The lowest BCUT2D eigenvalue weighted by Crippen LogP contribution is -2.18. The van der Waals surface area contributed by atoms with Crippen LogP contribution in [0.4, 0.5) is 4.39 Å². The second-order valence-electron chi connectivity index (χ2n) is 5.62. The Morgan fingerprint density at radius 3 is 2.54 bits per heavy atom. The summed E-state index contributed by atoms with van der Waals surface area (Å²) in [5, 5.41) is 13.1. The van der Waals surface area contributed by atoms with Gasteiger partial charge in [-0.25, -0.2) is 4.39 Å². The smallest absolute Gasteiger partial charge is 0.310 e. The number of furan rings is 1. The average molecular weight is 357 g/mol. The third-order valence-corrected chi connectivity index (χ3v) is 4.01. The highest BCUT2D eigenvalue weighted by Crippen LogP contribution is 2.37. The predicted molar refractivity (Wildman–Crippen MR) is 92.4 cm³/mol. The van der Waals surface area contributed by atoms with E-state index in [4.69, 9.17) is 4.42 Å². The first-order valence-corrected chi connectivity index (χ1v) is 7.77. The zero-order valence-corrected chi connectivity index (χ0v) is 14.1. The fourth-order valence-corrected chi connectivity index (χ4v) is 2.70. The van der Waals surface area contributed by atoms with Gasteiger partial charge in [-0.15, -0.1) is 0 Å². The summed E-state index contributed by atoms with van der Waals surface area (Å²) in [6.07, 6.45) is -0.139. The minimum absolute atomic E-state index is 0.139. The predicted octanol–water partition coefficient (Wildman–Crippen LogP) is 3.02. The van der Waals surface area contributed by atoms with Gasteiger partial charge in [0.2, 0.25) is 0 Å². The molecule has 7 heteroatoms. The van der Waals surface area contributed by atoms with Crippen LogP contribution in [0, 0.1) is 5.82 Å². The maximum atomic E-state index is 13.2. The Morgan fingerprint density at radius 1 is 1.23 bits per heavy atom. The standard InChI is InChI=1S/C19H16FNO5/c1-21-19(24)17-13-9-14(22)11(8-16(23)25-2)7-15(13)26-18(17)10-3-5-12(20)6-4-10/h3-7,9,22H,8H2,1-2H3,(H,21,24). The summed E-state index contributed by atoms with van der Waals surface area (Å²) >= 11 is 0. The molecular weight excluding hydrogens is 341 g/mol. The highest BCUT2D eigenvalue weighted by Gasteiger charge is 2.23. The van der Waals surface area contributed by atoms with Crippen molar-refractivity contribution in [2.24, 2.45) is 0 Å². The van der Waals surface area contributed by atoms with Crippen LogP contribution in [0.1, 0.15) is 15.9 Å². The van der Waals surface area contributed by atoms with Crippen LogP contribution in [-0.2, 0) is 16.0 Å². The van der Waals surface area contributed by atoms with Crippen LogP contribution >= 0.6 is 0 Å². The summed E-state index contributed by atoms with van der Waals surface area (Å²) in [6.45, 7) is 0. The number of benzene rings is 2. The van der Waals surface area contributed by atoms with Crippen LogP contribution < -0.4 is 5.32 Å². The molecule has 6 nitrogen and oxygen atoms in total. The van der Waals surface area contributed by atoms with Crippen LogP contribution in [-0.4, -0.2) is 31.1 Å². The molecule has 1 amide bonds. The molecule has 0 aliphatic carbocycles. The lowest BCUT2D eigenvalue weighted by molar-refractivity contribution is -0.139. The third kappa shape index (κ3) is 3.11. The maximum Gasteiger partial charge on any atom is 0.310 e. The molecule has 1 aromatic heterocycles. The number of methoxy groups -OCH3 is 1. The Bertz CT molecular complexity index is 991. The van der Waals surface area contributed by atoms with Gasteiger partial charge in [-0.05, 0) is 36.4 Å². The topological polar surface area (TPSA) is 88.8 Å². The highest BCUT2D eigenvalue weighted by atomic mass is 19.1. The van der Waals surface area contributed by atoms with Gasteiger partial charge in [0.1, 0.15) is 22.9 Å². The van der Waals surface area contributed by atoms with E-state index < -0.39 is 17.7 Å². The van der Waals surface area contributed by atoms with E-state index in [0.29, 0.717) is 22.1 Å². The number of aromatic hydroxyl groups is 1. The minimum atomic E-state index is -0.517. The Balaban J connectivity index is 2.22. The van der Waals surface area contributed by atoms with Crippen molar-refractivity contribution in [3.8, 4) is 17.1 Å². The number of hydrogen-bond donors (Lipinski definition) is 2. The molecule has 0 aliphatic heterocycles. The lowest BCUT2D eigenvalue weighted by atomic mass is 10.0. The van der Waals surface area contributed by atoms with Crippen molar-refractivity contribution in [2.45, 2.75) is 6.42 Å². The molecule has 0 unspecified atom stereocenters. The molecule has 134 valence electrons. The molecule has 2 aromatic carbocycles. The van der Waals surface area contributed by atoms with Crippen molar-refractivity contribution in [1.82, 2.24) is 5.32 Å². The zero-order chi connectivity index (χ0) is 18.8. The number of phenols is 1. The summed E-state index contributed by atoms with van der Waals surface area (Å²) < 4.78 is 23.6. The van der Waals surface area contributed by atoms with Crippen molar-refractivity contribution in [2.75, 3.05) is 14.2 Å². The summed E-state index contributed by atoms with van der Waals surface area (Å²) in [5.41, 5.74) is 1.36. The van der Waals surface area contributed by atoms with Crippen LogP contribution in [0.3, 0.4) is 0 Å². The van der Waals surface area contributed by atoms with Gasteiger partial charge in [0.15, 0.2) is 0 Å². The number of fused-ring (bicyclic) bond motifs is 1. The first-order chi connectivity index (χ1) is 12.4. The second-order valence-corrected chi connectivity index (χ2v) is 5.62. The SMILES string of the molecule is CNC(=O)c1c(-c2ccc(F)cc2)oc2cc(CC(=O)OC)c(O)cc12. The third-order valence-electron chi connectivity index (χ3n) is 4.01. The van der Waals surface area contributed by atoms with Gasteiger partial charge in [0.05, 0.1) is 19.1 Å². The van der Waals surface area contributed by atoms with E-state index in [1.54, 1.807) is 0 Å². The Morgan fingerprint density at radius 2 is 1.92 bits per heavy atom. The number of carbonyl (C=O) groups is 2. The first kappa shape index (κ1) is 17.5. The molecule has 0 saturated carbocycles. The van der Waals surface area contributed by atoms with E-state index in [0.717, 1.165) is 0 Å². The summed E-state index contributed by atoms with van der Waals surface area (Å²) in [5.74, 6) is -1.25. The number of esters is 1. The van der Waals surface area contributed by atoms with E-state index in [1.165, 1.54) is 50.6 Å². The van der Waals surface area contributed by atoms with Crippen LogP contribution in [0.5, 0.6) is 5.75 Å². The largest absolute Gasteiger partial charge is 0.508 e. The number of phenolic OH excluding ortho intramolecular Hbond substituents is 1. The zero-order valence-electron chi connectivity index (χ0n) is 14.1. The summed E-state index contributed by atoms with van der Waals surface area (Å²) in [6, 6.07) is 8.37. The molecule has 0 fully saturated rings. The Kier molecular flexibility index (Phi) is 4.62. The molecule has 3 aromatic rings. The molecule has 0 bridgehead atoms. The van der Waals surface area contributed by atoms with Crippen molar-refractivity contribution >= 4 is 22.8 Å². The summed E-state index contributed by atoms with van der Waals surface area (Å²) in [4.78, 5) is 23.9. The number of carbonyl (C=O) groups excluding carboxylic acids is 2. The van der Waals surface area contributed by atoms with Gasteiger partial charge >= 0.3 is 5.97 Å². The molecule has 26 heavy (non-hydrogen) atoms. The number of amides is 1.